The van der Waals surface area contributed by atoms with Gasteiger partial charge >= 0.3 is 0 Å². The van der Waals surface area contributed by atoms with E-state index in [0.29, 0.717) is 11.4 Å². The zero-order chi connectivity index (χ0) is 11.3. The molecule has 0 spiro atoms. The molecule has 0 aliphatic rings. The molecule has 0 aliphatic carbocycles. The standard InChI is InChI=1S/C11H14N2OS/c1-8(2)13-11(14)10-6-5-9(15-10)4-3-7-12/h5-6,8H,7,12H2,1-2H3,(H,13,14). The number of nitrogens with two attached hydrogens (primary N) is 1. The molecule has 0 saturated heterocycles. The summed E-state index contributed by atoms with van der Waals surface area (Å²) in [6, 6.07) is 3.77. The summed E-state index contributed by atoms with van der Waals surface area (Å²) in [5.41, 5.74) is 5.26. The summed E-state index contributed by atoms with van der Waals surface area (Å²) in [6.07, 6.45) is 0. The number of nitrogens with one attached hydrogen (secondary N) is 1. The molecule has 80 valence electrons. The summed E-state index contributed by atoms with van der Waals surface area (Å²) < 4.78 is 0. The molecule has 0 saturated carbocycles. The molecular weight excluding hydrogens is 208 g/mol. The maximum absolute atomic E-state index is 11.6. The van der Waals surface area contributed by atoms with Crippen molar-refractivity contribution < 1.29 is 4.79 Å². The first-order chi connectivity index (χ1) is 7.13. The highest BCUT2D eigenvalue weighted by Crippen LogP contribution is 2.15. The monoisotopic (exact) mass is 222 g/mol. The topological polar surface area (TPSA) is 55.1 Å². The third kappa shape index (κ3) is 3.74. The van der Waals surface area contributed by atoms with Crippen molar-refractivity contribution in [3.05, 3.63) is 21.9 Å². The highest BCUT2D eigenvalue weighted by Gasteiger charge is 2.08. The number of hydrogen-bond donors (Lipinski definition) is 2. The second-order valence-corrected chi connectivity index (χ2v) is 4.38. The third-order valence-electron chi connectivity index (χ3n) is 1.56. The Kier molecular flexibility index (Phi) is 4.35. The molecule has 1 heterocycles. The van der Waals surface area contributed by atoms with Crippen LogP contribution in [0.25, 0.3) is 0 Å². The number of carbonyl (C=O) groups is 1. The number of carbonyl (C=O) groups excluding carboxylic acids is 1. The first kappa shape index (κ1) is 11.8. The summed E-state index contributed by atoms with van der Waals surface area (Å²) >= 11 is 1.38. The van der Waals surface area contributed by atoms with E-state index in [1.54, 1.807) is 6.07 Å². The summed E-state index contributed by atoms with van der Waals surface area (Å²) in [4.78, 5) is 13.1. The molecule has 0 aliphatic heterocycles. The van der Waals surface area contributed by atoms with Crippen molar-refractivity contribution in [3.8, 4) is 11.8 Å². The predicted molar refractivity (Wildman–Crippen MR) is 62.9 cm³/mol. The Morgan fingerprint density at radius 1 is 1.60 bits per heavy atom. The molecule has 0 aromatic carbocycles. The van der Waals surface area contributed by atoms with Crippen LogP contribution in [-0.4, -0.2) is 18.5 Å². The Bertz CT molecular complexity index is 398. The van der Waals surface area contributed by atoms with Crippen LogP contribution >= 0.6 is 11.3 Å². The van der Waals surface area contributed by atoms with E-state index in [9.17, 15) is 4.79 Å². The molecule has 3 nitrogen and oxygen atoms in total. The van der Waals surface area contributed by atoms with E-state index in [1.807, 2.05) is 19.9 Å². The summed E-state index contributed by atoms with van der Waals surface area (Å²) in [7, 11) is 0. The minimum atomic E-state index is -0.0456. The van der Waals surface area contributed by atoms with Gasteiger partial charge in [-0.25, -0.2) is 0 Å². The van der Waals surface area contributed by atoms with Gasteiger partial charge in [-0.1, -0.05) is 11.8 Å². The van der Waals surface area contributed by atoms with Crippen LogP contribution in [0.3, 0.4) is 0 Å². The Balaban J connectivity index is 2.71. The Morgan fingerprint density at radius 3 is 2.93 bits per heavy atom. The quantitative estimate of drug-likeness (QED) is 0.739. The second kappa shape index (κ2) is 5.54. The summed E-state index contributed by atoms with van der Waals surface area (Å²) in [6.45, 7) is 4.20. The maximum atomic E-state index is 11.6. The molecule has 0 fully saturated rings. The van der Waals surface area contributed by atoms with Crippen molar-refractivity contribution in [2.75, 3.05) is 6.54 Å². The highest BCUT2D eigenvalue weighted by molar-refractivity contribution is 7.14. The summed E-state index contributed by atoms with van der Waals surface area (Å²) in [5.74, 6) is 5.60. The molecule has 3 N–H and O–H groups in total. The number of rotatable bonds is 2. The van der Waals surface area contributed by atoms with Crippen molar-refractivity contribution in [1.82, 2.24) is 5.32 Å². The zero-order valence-electron chi connectivity index (χ0n) is 8.83. The Labute approximate surface area is 93.7 Å². The van der Waals surface area contributed by atoms with Gasteiger partial charge in [0, 0.05) is 6.04 Å². The van der Waals surface area contributed by atoms with Gasteiger partial charge in [0.15, 0.2) is 0 Å². The first-order valence-corrected chi connectivity index (χ1v) is 5.54. The van der Waals surface area contributed by atoms with Crippen molar-refractivity contribution in [3.63, 3.8) is 0 Å². The van der Waals surface area contributed by atoms with Crippen LogP contribution in [0.5, 0.6) is 0 Å². The molecule has 4 heteroatoms. The molecule has 0 unspecified atom stereocenters. The molecule has 1 aromatic heterocycles. The van der Waals surface area contributed by atoms with E-state index in [0.717, 1.165) is 4.88 Å². The van der Waals surface area contributed by atoms with Gasteiger partial charge in [0.1, 0.15) is 0 Å². The lowest BCUT2D eigenvalue weighted by molar-refractivity contribution is 0.0947. The lowest BCUT2D eigenvalue weighted by Crippen LogP contribution is -2.29. The van der Waals surface area contributed by atoms with Crippen LogP contribution in [-0.2, 0) is 0 Å². The molecule has 1 rings (SSSR count). The van der Waals surface area contributed by atoms with E-state index in [-0.39, 0.29) is 11.9 Å². The molecule has 0 atom stereocenters. The fourth-order valence-corrected chi connectivity index (χ4v) is 1.78. The van der Waals surface area contributed by atoms with E-state index in [1.165, 1.54) is 11.3 Å². The largest absolute Gasteiger partial charge is 0.349 e. The lowest BCUT2D eigenvalue weighted by atomic mass is 10.3. The molecule has 0 bridgehead atoms. The fraction of sp³-hybridized carbons (Fsp3) is 0.364. The number of hydrogen-bond acceptors (Lipinski definition) is 3. The van der Waals surface area contributed by atoms with Gasteiger partial charge in [-0.15, -0.1) is 11.3 Å². The zero-order valence-corrected chi connectivity index (χ0v) is 9.65. The van der Waals surface area contributed by atoms with Gasteiger partial charge in [-0.3, -0.25) is 4.79 Å². The van der Waals surface area contributed by atoms with Crippen molar-refractivity contribution in [2.24, 2.45) is 5.73 Å². The number of thiophene rings is 1. The first-order valence-electron chi connectivity index (χ1n) is 4.73. The molecular formula is C11H14N2OS. The van der Waals surface area contributed by atoms with Crippen LogP contribution in [0.2, 0.25) is 0 Å². The van der Waals surface area contributed by atoms with Crippen LogP contribution in [0.1, 0.15) is 28.4 Å². The maximum Gasteiger partial charge on any atom is 0.261 e. The normalized spacial score (nSPS) is 9.60. The summed E-state index contributed by atoms with van der Waals surface area (Å²) in [5, 5.41) is 2.83. The van der Waals surface area contributed by atoms with E-state index >= 15 is 0 Å². The van der Waals surface area contributed by atoms with E-state index in [4.69, 9.17) is 5.73 Å². The average Bonchev–Trinajstić information content (AvgIpc) is 2.62. The SMILES string of the molecule is CC(C)NC(=O)c1ccc(C#CCN)s1. The van der Waals surface area contributed by atoms with Gasteiger partial charge in [-0.05, 0) is 26.0 Å². The average molecular weight is 222 g/mol. The van der Waals surface area contributed by atoms with Crippen LogP contribution in [0, 0.1) is 11.8 Å². The molecule has 1 aromatic rings. The van der Waals surface area contributed by atoms with Gasteiger partial charge in [-0.2, -0.15) is 0 Å². The van der Waals surface area contributed by atoms with Crippen LogP contribution in [0.4, 0.5) is 0 Å². The number of amides is 1. The molecule has 0 radical (unpaired) electrons. The smallest absolute Gasteiger partial charge is 0.261 e. The van der Waals surface area contributed by atoms with Gasteiger partial charge in [0.05, 0.1) is 16.3 Å². The van der Waals surface area contributed by atoms with Gasteiger partial charge < -0.3 is 11.1 Å². The molecule has 1 amide bonds. The van der Waals surface area contributed by atoms with E-state index < -0.39 is 0 Å². The Hall–Kier alpha value is -1.31. The lowest BCUT2D eigenvalue weighted by Gasteiger charge is -2.05. The van der Waals surface area contributed by atoms with Gasteiger partial charge in [0.25, 0.3) is 5.91 Å². The second-order valence-electron chi connectivity index (χ2n) is 3.30. The van der Waals surface area contributed by atoms with E-state index in [2.05, 4.69) is 17.2 Å². The third-order valence-corrected chi connectivity index (χ3v) is 2.56. The van der Waals surface area contributed by atoms with Crippen molar-refractivity contribution in [2.45, 2.75) is 19.9 Å². The minimum Gasteiger partial charge on any atom is -0.349 e. The molecule has 15 heavy (non-hydrogen) atoms. The van der Waals surface area contributed by atoms with Crippen molar-refractivity contribution >= 4 is 17.2 Å². The minimum absolute atomic E-state index is 0.0456. The van der Waals surface area contributed by atoms with Crippen molar-refractivity contribution in [1.29, 1.82) is 0 Å². The van der Waals surface area contributed by atoms with Gasteiger partial charge in [0.2, 0.25) is 0 Å². The fourth-order valence-electron chi connectivity index (χ4n) is 0.999. The predicted octanol–water partition coefficient (Wildman–Crippen LogP) is 1.20. The van der Waals surface area contributed by atoms with Crippen LogP contribution < -0.4 is 11.1 Å². The highest BCUT2D eigenvalue weighted by atomic mass is 32.1. The Morgan fingerprint density at radius 2 is 2.33 bits per heavy atom. The van der Waals surface area contributed by atoms with Crippen LogP contribution in [0.15, 0.2) is 12.1 Å².